The summed E-state index contributed by atoms with van der Waals surface area (Å²) in [6, 6.07) is 13.9. The lowest BCUT2D eigenvalue weighted by Gasteiger charge is -1.98. The zero-order valence-corrected chi connectivity index (χ0v) is 14.1. The summed E-state index contributed by atoms with van der Waals surface area (Å²) in [4.78, 5) is 0.689. The highest BCUT2D eigenvalue weighted by Gasteiger charge is 2.12. The van der Waals surface area contributed by atoms with Crippen molar-refractivity contribution in [1.29, 1.82) is 0 Å². The van der Waals surface area contributed by atoms with Gasteiger partial charge in [-0.25, -0.2) is 4.39 Å². The van der Waals surface area contributed by atoms with Crippen LogP contribution in [-0.4, -0.2) is 26.9 Å². The van der Waals surface area contributed by atoms with Crippen molar-refractivity contribution >= 4 is 28.4 Å². The standard InChI is InChI=1S/C18H13FN4OS/c1-24-15-9-2-12(3-10-15)4-11-16-22-23-17(20-21-18(23)25-16)13-5-7-14(19)8-6-13/h2-11H,1H3. The first-order valence-electron chi connectivity index (χ1n) is 7.53. The summed E-state index contributed by atoms with van der Waals surface area (Å²) in [6.45, 7) is 0. The van der Waals surface area contributed by atoms with E-state index in [1.165, 1.54) is 23.5 Å². The first kappa shape index (κ1) is 15.5. The van der Waals surface area contributed by atoms with Gasteiger partial charge < -0.3 is 4.74 Å². The molecule has 4 aromatic rings. The van der Waals surface area contributed by atoms with Crippen LogP contribution in [0, 0.1) is 5.82 Å². The molecular formula is C18H13FN4OS. The van der Waals surface area contributed by atoms with Crippen LogP contribution >= 0.6 is 11.3 Å². The van der Waals surface area contributed by atoms with Crippen molar-refractivity contribution in [3.05, 3.63) is 64.9 Å². The van der Waals surface area contributed by atoms with Gasteiger partial charge in [-0.05, 0) is 48.0 Å². The molecule has 5 nitrogen and oxygen atoms in total. The number of aromatic nitrogens is 4. The molecule has 0 unspecified atom stereocenters. The van der Waals surface area contributed by atoms with Gasteiger partial charge in [0.1, 0.15) is 16.6 Å². The Morgan fingerprint density at radius 1 is 1.00 bits per heavy atom. The number of ether oxygens (including phenoxy) is 1. The van der Waals surface area contributed by atoms with Crippen LogP contribution in [0.3, 0.4) is 0 Å². The Kier molecular flexibility index (Phi) is 3.99. The highest BCUT2D eigenvalue weighted by atomic mass is 32.1. The quantitative estimate of drug-likeness (QED) is 0.553. The van der Waals surface area contributed by atoms with Gasteiger partial charge in [-0.15, -0.1) is 10.2 Å². The lowest BCUT2D eigenvalue weighted by Crippen LogP contribution is -1.90. The van der Waals surface area contributed by atoms with Gasteiger partial charge in [0.15, 0.2) is 5.82 Å². The Morgan fingerprint density at radius 2 is 1.76 bits per heavy atom. The molecular weight excluding hydrogens is 339 g/mol. The minimum absolute atomic E-state index is 0.286. The van der Waals surface area contributed by atoms with Gasteiger partial charge in [0.05, 0.1) is 7.11 Å². The van der Waals surface area contributed by atoms with Crippen LogP contribution in [0.5, 0.6) is 5.75 Å². The Labute approximate surface area is 147 Å². The summed E-state index contributed by atoms with van der Waals surface area (Å²) in [6.07, 6.45) is 3.90. The molecule has 2 aromatic heterocycles. The van der Waals surface area contributed by atoms with Crippen LogP contribution in [0.4, 0.5) is 4.39 Å². The van der Waals surface area contributed by atoms with E-state index >= 15 is 0 Å². The number of nitrogens with zero attached hydrogens (tertiary/aromatic N) is 4. The molecule has 0 spiro atoms. The maximum absolute atomic E-state index is 13.1. The SMILES string of the molecule is COc1ccc(C=Cc2nn3c(-c4ccc(F)cc4)nnc3s2)cc1. The molecule has 0 N–H and O–H groups in total. The minimum Gasteiger partial charge on any atom is -0.497 e. The molecule has 0 fully saturated rings. The van der Waals surface area contributed by atoms with E-state index < -0.39 is 0 Å². The Bertz CT molecular complexity index is 1040. The van der Waals surface area contributed by atoms with E-state index in [0.29, 0.717) is 10.8 Å². The first-order valence-corrected chi connectivity index (χ1v) is 8.35. The third kappa shape index (κ3) is 3.14. The predicted molar refractivity (Wildman–Crippen MR) is 96.0 cm³/mol. The molecule has 124 valence electrons. The average molecular weight is 352 g/mol. The van der Waals surface area contributed by atoms with Crippen molar-refractivity contribution < 1.29 is 9.13 Å². The number of benzene rings is 2. The summed E-state index contributed by atoms with van der Waals surface area (Å²) in [5, 5.41) is 13.6. The number of halogens is 1. The number of fused-ring (bicyclic) bond motifs is 1. The smallest absolute Gasteiger partial charge is 0.235 e. The number of rotatable bonds is 4. The normalized spacial score (nSPS) is 11.4. The fraction of sp³-hybridized carbons (Fsp3) is 0.0556. The Balaban J connectivity index is 1.63. The highest BCUT2D eigenvalue weighted by molar-refractivity contribution is 7.17. The molecule has 0 bridgehead atoms. The maximum Gasteiger partial charge on any atom is 0.235 e. The van der Waals surface area contributed by atoms with Crippen LogP contribution in [0.15, 0.2) is 48.5 Å². The summed E-state index contributed by atoms with van der Waals surface area (Å²) in [5.74, 6) is 1.13. The van der Waals surface area contributed by atoms with E-state index in [9.17, 15) is 4.39 Å². The Hall–Kier alpha value is -3.06. The van der Waals surface area contributed by atoms with Gasteiger partial charge >= 0.3 is 0 Å². The number of hydrogen-bond acceptors (Lipinski definition) is 5. The van der Waals surface area contributed by atoms with Crippen LogP contribution in [0.1, 0.15) is 10.6 Å². The van der Waals surface area contributed by atoms with Gasteiger partial charge in [0.2, 0.25) is 4.96 Å². The van der Waals surface area contributed by atoms with E-state index in [2.05, 4.69) is 15.3 Å². The largest absolute Gasteiger partial charge is 0.497 e. The molecule has 0 saturated heterocycles. The van der Waals surface area contributed by atoms with Crippen molar-refractivity contribution in [2.24, 2.45) is 0 Å². The minimum atomic E-state index is -0.286. The van der Waals surface area contributed by atoms with E-state index in [-0.39, 0.29) is 5.82 Å². The van der Waals surface area contributed by atoms with Crippen LogP contribution in [-0.2, 0) is 0 Å². The summed E-state index contributed by atoms with van der Waals surface area (Å²) in [5.41, 5.74) is 1.82. The molecule has 0 radical (unpaired) electrons. The van der Waals surface area contributed by atoms with Crippen molar-refractivity contribution in [3.63, 3.8) is 0 Å². The maximum atomic E-state index is 13.1. The second-order valence-electron chi connectivity index (χ2n) is 5.27. The van der Waals surface area contributed by atoms with Gasteiger partial charge in [0, 0.05) is 5.56 Å². The van der Waals surface area contributed by atoms with Crippen LogP contribution in [0.25, 0.3) is 28.5 Å². The molecule has 0 saturated carbocycles. The molecule has 2 heterocycles. The van der Waals surface area contributed by atoms with Gasteiger partial charge in [-0.2, -0.15) is 9.61 Å². The first-order chi connectivity index (χ1) is 12.2. The zero-order chi connectivity index (χ0) is 17.2. The third-order valence-electron chi connectivity index (χ3n) is 3.64. The third-order valence-corrected chi connectivity index (χ3v) is 4.51. The summed E-state index contributed by atoms with van der Waals surface area (Å²) >= 11 is 1.44. The zero-order valence-electron chi connectivity index (χ0n) is 13.3. The second kappa shape index (κ2) is 6.45. The predicted octanol–water partition coefficient (Wildman–Crippen LogP) is 4.17. The van der Waals surface area contributed by atoms with Crippen molar-refractivity contribution in [2.75, 3.05) is 7.11 Å². The van der Waals surface area contributed by atoms with E-state index in [1.54, 1.807) is 23.8 Å². The van der Waals surface area contributed by atoms with Gasteiger partial charge in [0.25, 0.3) is 0 Å². The van der Waals surface area contributed by atoms with E-state index in [0.717, 1.165) is 21.9 Å². The number of methoxy groups -OCH3 is 1. The van der Waals surface area contributed by atoms with Crippen LogP contribution in [0.2, 0.25) is 0 Å². The molecule has 7 heteroatoms. The van der Waals surface area contributed by atoms with Crippen molar-refractivity contribution in [1.82, 2.24) is 19.8 Å². The lowest BCUT2D eigenvalue weighted by molar-refractivity contribution is 0.415. The van der Waals surface area contributed by atoms with Crippen molar-refractivity contribution in [3.8, 4) is 17.1 Å². The van der Waals surface area contributed by atoms with Crippen molar-refractivity contribution in [2.45, 2.75) is 0 Å². The number of hydrogen-bond donors (Lipinski definition) is 0. The monoisotopic (exact) mass is 352 g/mol. The molecule has 0 atom stereocenters. The fourth-order valence-electron chi connectivity index (χ4n) is 2.36. The molecule has 4 rings (SSSR count). The lowest BCUT2D eigenvalue weighted by atomic mass is 10.2. The second-order valence-corrected chi connectivity index (χ2v) is 6.26. The van der Waals surface area contributed by atoms with Crippen LogP contribution < -0.4 is 4.74 Å². The summed E-state index contributed by atoms with van der Waals surface area (Å²) in [7, 11) is 1.64. The van der Waals surface area contributed by atoms with E-state index in [4.69, 9.17) is 4.74 Å². The summed E-state index contributed by atoms with van der Waals surface area (Å²) < 4.78 is 19.9. The average Bonchev–Trinajstić information content (AvgIpc) is 3.21. The molecule has 0 aliphatic heterocycles. The Morgan fingerprint density at radius 3 is 2.48 bits per heavy atom. The van der Waals surface area contributed by atoms with Gasteiger partial charge in [-0.1, -0.05) is 29.5 Å². The molecule has 0 aliphatic rings. The molecule has 0 amide bonds. The topological polar surface area (TPSA) is 52.3 Å². The molecule has 2 aromatic carbocycles. The highest BCUT2D eigenvalue weighted by Crippen LogP contribution is 2.23. The molecule has 25 heavy (non-hydrogen) atoms. The van der Waals surface area contributed by atoms with E-state index in [1.807, 2.05) is 36.4 Å². The fourth-order valence-corrected chi connectivity index (χ4v) is 3.10. The molecule has 0 aliphatic carbocycles. The van der Waals surface area contributed by atoms with Gasteiger partial charge in [-0.3, -0.25) is 0 Å².